The van der Waals surface area contributed by atoms with E-state index in [4.69, 9.17) is 4.98 Å². The van der Waals surface area contributed by atoms with E-state index in [0.29, 0.717) is 0 Å². The van der Waals surface area contributed by atoms with Crippen LogP contribution < -0.4 is 0 Å². The van der Waals surface area contributed by atoms with E-state index in [-0.39, 0.29) is 0 Å². The minimum absolute atomic E-state index is 1.01. The Hall–Kier alpha value is -5.53. The van der Waals surface area contributed by atoms with E-state index in [0.717, 1.165) is 5.52 Å². The first-order valence-electron chi connectivity index (χ1n) is 14.5. The van der Waals surface area contributed by atoms with Gasteiger partial charge in [0, 0.05) is 27.9 Å². The Balaban J connectivity index is 1.59. The Kier molecular flexibility index (Phi) is 4.97. The maximum atomic E-state index is 5.06. The standard InChI is InChI=1S/C41H25N/c1-4-16-29-26(12-1)15-11-22-32(29)39-33-19-7-8-20-34(33)40(36-25-42-37-23-10-9-21-35(37)41(36)39)38-30-17-5-2-13-27(30)24-28-14-3-6-18-31(28)38/h1-25H. The molecule has 0 amide bonds. The second-order valence-corrected chi connectivity index (χ2v) is 11.1. The van der Waals surface area contributed by atoms with Crippen LogP contribution >= 0.6 is 0 Å². The molecule has 0 unspecified atom stereocenters. The van der Waals surface area contributed by atoms with E-state index in [9.17, 15) is 0 Å². The molecule has 9 rings (SSSR count). The van der Waals surface area contributed by atoms with Crippen molar-refractivity contribution in [2.75, 3.05) is 0 Å². The number of aromatic nitrogens is 1. The summed E-state index contributed by atoms with van der Waals surface area (Å²) in [5.74, 6) is 0. The Morgan fingerprint density at radius 1 is 0.333 bits per heavy atom. The molecule has 0 fully saturated rings. The monoisotopic (exact) mass is 531 g/mol. The van der Waals surface area contributed by atoms with Gasteiger partial charge in [0.1, 0.15) is 0 Å². The normalized spacial score (nSPS) is 11.8. The second-order valence-electron chi connectivity index (χ2n) is 11.1. The van der Waals surface area contributed by atoms with Gasteiger partial charge in [-0.05, 0) is 71.9 Å². The van der Waals surface area contributed by atoms with Crippen molar-refractivity contribution in [2.24, 2.45) is 0 Å². The maximum Gasteiger partial charge on any atom is 0.0708 e. The van der Waals surface area contributed by atoms with Crippen molar-refractivity contribution in [1.82, 2.24) is 4.98 Å². The van der Waals surface area contributed by atoms with Crippen LogP contribution in [0.3, 0.4) is 0 Å². The summed E-state index contributed by atoms with van der Waals surface area (Å²) in [6.07, 6.45) is 2.12. The molecular weight excluding hydrogens is 506 g/mol. The number of fused-ring (bicyclic) bond motifs is 7. The lowest BCUT2D eigenvalue weighted by atomic mass is 9.82. The molecule has 1 heteroatoms. The topological polar surface area (TPSA) is 12.9 Å². The van der Waals surface area contributed by atoms with Crippen molar-refractivity contribution in [2.45, 2.75) is 0 Å². The Bertz CT molecular complexity index is 2460. The average Bonchev–Trinajstić information content (AvgIpc) is 3.06. The van der Waals surface area contributed by atoms with E-state index in [1.54, 1.807) is 0 Å². The molecule has 1 aromatic heterocycles. The van der Waals surface area contributed by atoms with Crippen LogP contribution in [0.1, 0.15) is 0 Å². The maximum absolute atomic E-state index is 5.06. The smallest absolute Gasteiger partial charge is 0.0708 e. The molecule has 0 saturated heterocycles. The molecule has 0 atom stereocenters. The van der Waals surface area contributed by atoms with Crippen LogP contribution in [0.5, 0.6) is 0 Å². The van der Waals surface area contributed by atoms with E-state index >= 15 is 0 Å². The molecule has 0 saturated carbocycles. The summed E-state index contributed by atoms with van der Waals surface area (Å²) in [4.78, 5) is 5.06. The molecule has 0 N–H and O–H groups in total. The lowest BCUT2D eigenvalue weighted by Gasteiger charge is -2.21. The number of pyridine rings is 1. The van der Waals surface area contributed by atoms with Crippen LogP contribution in [-0.2, 0) is 0 Å². The van der Waals surface area contributed by atoms with Crippen LogP contribution in [-0.4, -0.2) is 4.98 Å². The molecule has 1 heterocycles. The highest BCUT2D eigenvalue weighted by molar-refractivity contribution is 6.32. The van der Waals surface area contributed by atoms with Gasteiger partial charge in [0.15, 0.2) is 0 Å². The molecule has 0 bridgehead atoms. The molecule has 0 aliphatic heterocycles. The fourth-order valence-electron chi connectivity index (χ4n) is 7.07. The third kappa shape index (κ3) is 3.28. The molecule has 9 aromatic rings. The highest BCUT2D eigenvalue weighted by atomic mass is 14.7. The SMILES string of the molecule is c1ccc2c(-c3c4ccccc4c(-c4c5ccccc5cc5ccccc45)c4cnc5ccccc5c34)cccc2c1. The zero-order valence-corrected chi connectivity index (χ0v) is 22.9. The van der Waals surface area contributed by atoms with Gasteiger partial charge < -0.3 is 0 Å². The summed E-state index contributed by atoms with van der Waals surface area (Å²) in [5, 5.41) is 13.6. The first-order valence-corrected chi connectivity index (χ1v) is 14.5. The predicted octanol–water partition coefficient (Wildman–Crippen LogP) is 11.3. The van der Waals surface area contributed by atoms with Crippen molar-refractivity contribution >= 4 is 64.8 Å². The first-order chi connectivity index (χ1) is 20.9. The van der Waals surface area contributed by atoms with Gasteiger partial charge in [-0.3, -0.25) is 4.98 Å². The Morgan fingerprint density at radius 2 is 0.833 bits per heavy atom. The van der Waals surface area contributed by atoms with Gasteiger partial charge in [-0.15, -0.1) is 0 Å². The Labute approximate surface area is 243 Å². The summed E-state index contributed by atoms with van der Waals surface area (Å²) in [6, 6.07) is 52.8. The van der Waals surface area contributed by atoms with Gasteiger partial charge in [0.05, 0.1) is 5.52 Å². The van der Waals surface area contributed by atoms with Gasteiger partial charge in [-0.2, -0.15) is 0 Å². The molecule has 42 heavy (non-hydrogen) atoms. The summed E-state index contributed by atoms with van der Waals surface area (Å²) >= 11 is 0. The van der Waals surface area contributed by atoms with Crippen molar-refractivity contribution in [3.8, 4) is 22.3 Å². The number of hydrogen-bond donors (Lipinski definition) is 0. The largest absolute Gasteiger partial charge is 0.256 e. The molecule has 194 valence electrons. The lowest BCUT2D eigenvalue weighted by Crippen LogP contribution is -1.95. The summed E-state index contributed by atoms with van der Waals surface area (Å²) in [5.41, 5.74) is 6.04. The zero-order valence-electron chi connectivity index (χ0n) is 22.9. The van der Waals surface area contributed by atoms with Crippen LogP contribution in [0.15, 0.2) is 152 Å². The van der Waals surface area contributed by atoms with Gasteiger partial charge in [0.2, 0.25) is 0 Å². The highest BCUT2D eigenvalue weighted by Gasteiger charge is 2.22. The summed E-state index contributed by atoms with van der Waals surface area (Å²) in [7, 11) is 0. The van der Waals surface area contributed by atoms with Gasteiger partial charge in [-0.25, -0.2) is 0 Å². The molecule has 0 aliphatic carbocycles. The average molecular weight is 532 g/mol. The van der Waals surface area contributed by atoms with Gasteiger partial charge in [-0.1, -0.05) is 133 Å². The second kappa shape index (κ2) is 8.99. The van der Waals surface area contributed by atoms with Crippen LogP contribution in [0.4, 0.5) is 0 Å². The predicted molar refractivity (Wildman–Crippen MR) is 180 cm³/mol. The first kappa shape index (κ1) is 23.2. The lowest BCUT2D eigenvalue weighted by molar-refractivity contribution is 1.45. The van der Waals surface area contributed by atoms with E-state index < -0.39 is 0 Å². The van der Waals surface area contributed by atoms with Crippen LogP contribution in [0, 0.1) is 0 Å². The van der Waals surface area contributed by atoms with Crippen LogP contribution in [0.25, 0.3) is 87.0 Å². The third-order valence-corrected chi connectivity index (χ3v) is 8.84. The van der Waals surface area contributed by atoms with Crippen molar-refractivity contribution in [1.29, 1.82) is 0 Å². The molecule has 0 aliphatic rings. The van der Waals surface area contributed by atoms with Gasteiger partial charge >= 0.3 is 0 Å². The molecule has 8 aromatic carbocycles. The quantitative estimate of drug-likeness (QED) is 0.160. The van der Waals surface area contributed by atoms with E-state index in [2.05, 4.69) is 152 Å². The summed E-state index contributed by atoms with van der Waals surface area (Å²) < 4.78 is 0. The summed E-state index contributed by atoms with van der Waals surface area (Å²) in [6.45, 7) is 0. The third-order valence-electron chi connectivity index (χ3n) is 8.84. The number of hydrogen-bond acceptors (Lipinski definition) is 1. The number of benzene rings is 8. The minimum Gasteiger partial charge on any atom is -0.256 e. The molecular formula is C41H25N. The molecule has 0 spiro atoms. The number of rotatable bonds is 2. The van der Waals surface area contributed by atoms with Crippen molar-refractivity contribution < 1.29 is 0 Å². The highest BCUT2D eigenvalue weighted by Crippen LogP contribution is 2.49. The molecule has 1 nitrogen and oxygen atoms in total. The fraction of sp³-hybridized carbons (Fsp3) is 0. The molecule has 0 radical (unpaired) electrons. The minimum atomic E-state index is 1.01. The fourth-order valence-corrected chi connectivity index (χ4v) is 7.07. The zero-order chi connectivity index (χ0) is 27.6. The van der Waals surface area contributed by atoms with Crippen LogP contribution in [0.2, 0.25) is 0 Å². The number of para-hydroxylation sites is 1. The Morgan fingerprint density at radius 3 is 1.55 bits per heavy atom. The van der Waals surface area contributed by atoms with Crippen molar-refractivity contribution in [3.05, 3.63) is 152 Å². The van der Waals surface area contributed by atoms with Crippen molar-refractivity contribution in [3.63, 3.8) is 0 Å². The van der Waals surface area contributed by atoms with E-state index in [1.165, 1.54) is 81.5 Å². The van der Waals surface area contributed by atoms with Gasteiger partial charge in [0.25, 0.3) is 0 Å². The van der Waals surface area contributed by atoms with E-state index in [1.807, 2.05) is 0 Å². The number of nitrogens with zero attached hydrogens (tertiary/aromatic N) is 1.